The van der Waals surface area contributed by atoms with Gasteiger partial charge in [-0.3, -0.25) is 29.3 Å². The van der Waals surface area contributed by atoms with Crippen LogP contribution < -0.4 is 51.2 Å². The smallest absolute Gasteiger partial charge is 0.229 e. The minimum absolute atomic E-state index is 0. The highest BCUT2D eigenvalue weighted by molar-refractivity contribution is 9.11. The number of nitrogens with zero attached hydrogens (tertiary/aromatic N) is 14. The first-order valence-electron chi connectivity index (χ1n) is 27.5. The number of benzene rings is 4. The van der Waals surface area contributed by atoms with Gasteiger partial charge in [0.2, 0.25) is 11.9 Å². The molecule has 0 radical (unpaired) electrons. The van der Waals surface area contributed by atoms with Crippen LogP contribution in [0.2, 0.25) is 0 Å². The van der Waals surface area contributed by atoms with Crippen molar-refractivity contribution in [3.05, 3.63) is 131 Å². The van der Waals surface area contributed by atoms with Crippen molar-refractivity contribution < 1.29 is 13.8 Å². The molecule has 86 heavy (non-hydrogen) atoms. The molecular weight excluding hydrogens is 1280 g/mol. The molecule has 8 heterocycles. The number of hydrogen-bond acceptors (Lipinski definition) is 21. The summed E-state index contributed by atoms with van der Waals surface area (Å²) in [6.45, 7) is 11.4. The lowest BCUT2D eigenvalue weighted by atomic mass is 10.0. The topological polar surface area (TPSA) is 245 Å². The summed E-state index contributed by atoms with van der Waals surface area (Å²) in [7, 11) is 5.04. The van der Waals surface area contributed by atoms with E-state index in [2.05, 4.69) is 131 Å². The summed E-state index contributed by atoms with van der Waals surface area (Å²) in [5.41, 5.74) is 14.2. The van der Waals surface area contributed by atoms with Crippen LogP contribution in [-0.4, -0.2) is 139 Å². The average Bonchev–Trinajstić information content (AvgIpc) is 3.90. The zero-order chi connectivity index (χ0) is 58.6. The van der Waals surface area contributed by atoms with Gasteiger partial charge < -0.3 is 55.5 Å². The maximum Gasteiger partial charge on any atom is 0.229 e. The summed E-state index contributed by atoms with van der Waals surface area (Å²) in [6, 6.07) is 16.3. The van der Waals surface area contributed by atoms with Crippen molar-refractivity contribution >= 4 is 140 Å². The lowest BCUT2D eigenvalue weighted by Gasteiger charge is -2.31. The highest BCUT2D eigenvalue weighted by Gasteiger charge is 2.25. The maximum atomic E-state index is 7.05. The van der Waals surface area contributed by atoms with Crippen molar-refractivity contribution in [2.24, 2.45) is 14.1 Å². The normalized spacial score (nSPS) is 14.2. The fourth-order valence-electron chi connectivity index (χ4n) is 10.6. The number of halogens is 3. The fourth-order valence-corrected chi connectivity index (χ4v) is 15.1. The van der Waals surface area contributed by atoms with E-state index in [4.69, 9.17) is 43.7 Å². The number of aromatic nitrogens is 12. The minimum Gasteiger partial charge on any atom is -0.494 e. The third-order valence-corrected chi connectivity index (χ3v) is 19.5. The summed E-state index contributed by atoms with van der Waals surface area (Å²) in [6.07, 6.45) is 19.3. The maximum absolute atomic E-state index is 7.05. The van der Waals surface area contributed by atoms with Gasteiger partial charge in [0, 0.05) is 213 Å². The molecule has 2 fully saturated rings. The van der Waals surface area contributed by atoms with E-state index in [0.29, 0.717) is 67.7 Å². The van der Waals surface area contributed by atoms with Gasteiger partial charge >= 0.3 is 0 Å². The lowest BCUT2D eigenvalue weighted by Crippen LogP contribution is -2.43. The van der Waals surface area contributed by atoms with E-state index < -0.39 is 16.3 Å². The second-order valence-corrected chi connectivity index (χ2v) is 25.9. The Balaban J connectivity index is 0.00000768. The Hall–Kier alpha value is -7.47. The van der Waals surface area contributed by atoms with E-state index in [0.717, 1.165) is 131 Å². The Kier molecular flexibility index (Phi) is 19.0. The second-order valence-electron chi connectivity index (χ2n) is 20.4. The molecule has 2 aliphatic heterocycles. The standard InChI is InChI=1S/C58H62Br2N20O3P2.ClH/c1-77-31-35(27-69-77)37-23-47(51(81-3)25-49(37)79-19-15-61-16-20-79)73-57-67-29-41(59)55(75-57)71-43-7-9-45-53(65-13-11-63-45)39(43)33-84(5)83-85(6)34-40-44(8-10-46-54(40)66-14-12-64-46)72-56-42(60)30-68-58(76-56)74-48-24-38(36-28-70-78(2)32-36)50(26-52(48)82-4)80-21-17-62-18-22-80;/h7-14,23-32,61-62H,15-22,33-34H2,1-6H3,(H2,67,71,73,75)(H2,68,72,74,76);1H. The molecule has 23 nitrogen and oxygen atoms in total. The largest absolute Gasteiger partial charge is 0.494 e. The Labute approximate surface area is 522 Å². The zero-order valence-corrected chi connectivity index (χ0v) is 53.8. The lowest BCUT2D eigenvalue weighted by molar-refractivity contribution is 0.416. The molecule has 12 rings (SSSR count). The predicted molar refractivity (Wildman–Crippen MR) is 354 cm³/mol. The first-order valence-corrected chi connectivity index (χ1v) is 32.8. The molecule has 6 aromatic heterocycles. The van der Waals surface area contributed by atoms with Crippen LogP contribution in [0, 0.1) is 0 Å². The van der Waals surface area contributed by atoms with Gasteiger partial charge in [0.25, 0.3) is 0 Å². The molecule has 444 valence electrons. The van der Waals surface area contributed by atoms with Gasteiger partial charge in [0.1, 0.15) is 23.1 Å². The van der Waals surface area contributed by atoms with Crippen LogP contribution in [0.4, 0.5) is 57.7 Å². The van der Waals surface area contributed by atoms with Crippen LogP contribution in [0.25, 0.3) is 44.3 Å². The number of piperazine rings is 2. The van der Waals surface area contributed by atoms with Gasteiger partial charge in [-0.1, -0.05) is 0 Å². The third-order valence-electron chi connectivity index (χ3n) is 14.6. The summed E-state index contributed by atoms with van der Waals surface area (Å²) < 4.78 is 24.0. The SMILES string of the molecule is COc1cc(N2CCNCC2)c(-c2cnn(C)c2)cc1Nc1ncc(Br)c(Nc2ccc3nccnc3c2CP(C)OP(C)Cc2c(Nc3nc(Nc4cc(-c5cnn(C)c5)c(N5CCNCC5)cc4OC)ncc3Br)ccc3nccnc23)n1.Cl. The summed E-state index contributed by atoms with van der Waals surface area (Å²) in [4.78, 5) is 43.3. The van der Waals surface area contributed by atoms with Crippen molar-refractivity contribution in [3.63, 3.8) is 0 Å². The van der Waals surface area contributed by atoms with E-state index in [9.17, 15) is 0 Å². The van der Waals surface area contributed by atoms with Crippen molar-refractivity contribution in [3.8, 4) is 33.8 Å². The fraction of sp³-hybridized carbons (Fsp3) is 0.276. The van der Waals surface area contributed by atoms with Crippen LogP contribution in [0.5, 0.6) is 11.5 Å². The van der Waals surface area contributed by atoms with Crippen molar-refractivity contribution in [2.45, 2.75) is 12.3 Å². The first-order chi connectivity index (χ1) is 41.4. The molecule has 0 amide bonds. The van der Waals surface area contributed by atoms with Crippen molar-refractivity contribution in [1.29, 1.82) is 0 Å². The predicted octanol–water partition coefficient (Wildman–Crippen LogP) is 11.5. The molecule has 4 aromatic carbocycles. The summed E-state index contributed by atoms with van der Waals surface area (Å²) in [5, 5.41) is 30.1. The van der Waals surface area contributed by atoms with Crippen LogP contribution in [0.3, 0.4) is 0 Å². The first kappa shape index (κ1) is 60.2. The molecule has 2 atom stereocenters. The summed E-state index contributed by atoms with van der Waals surface area (Å²) >= 11 is 7.48. The number of nitrogens with one attached hydrogen (secondary N) is 6. The second kappa shape index (κ2) is 27.1. The van der Waals surface area contributed by atoms with E-state index >= 15 is 0 Å². The molecule has 28 heteroatoms. The van der Waals surface area contributed by atoms with Crippen LogP contribution in [0.1, 0.15) is 11.1 Å². The van der Waals surface area contributed by atoms with Gasteiger partial charge in [0.15, 0.2) is 0 Å². The molecule has 2 aliphatic rings. The van der Waals surface area contributed by atoms with Gasteiger partial charge in [-0.2, -0.15) is 20.2 Å². The van der Waals surface area contributed by atoms with Gasteiger partial charge in [-0.25, -0.2) is 9.97 Å². The number of aryl methyl sites for hydroxylation is 2. The molecule has 0 aliphatic carbocycles. The van der Waals surface area contributed by atoms with E-state index in [1.54, 1.807) is 51.4 Å². The Bertz CT molecular complexity index is 3800. The highest BCUT2D eigenvalue weighted by Crippen LogP contribution is 2.55. The van der Waals surface area contributed by atoms with Crippen molar-refractivity contribution in [1.82, 2.24) is 70.1 Å². The Morgan fingerprint density at radius 1 is 0.535 bits per heavy atom. The average molecular weight is 1350 g/mol. The van der Waals surface area contributed by atoms with Crippen molar-refractivity contribution in [2.75, 3.05) is 111 Å². The summed E-state index contributed by atoms with van der Waals surface area (Å²) in [5.74, 6) is 3.16. The Morgan fingerprint density at radius 3 is 1.35 bits per heavy atom. The highest BCUT2D eigenvalue weighted by atomic mass is 79.9. The minimum atomic E-state index is -1.08. The molecule has 2 saturated heterocycles. The third kappa shape index (κ3) is 13.4. The van der Waals surface area contributed by atoms with Crippen LogP contribution >= 0.6 is 60.6 Å². The zero-order valence-electron chi connectivity index (χ0n) is 48.0. The number of hydrogen-bond donors (Lipinski definition) is 6. The number of anilines is 10. The number of rotatable bonds is 20. The molecule has 0 spiro atoms. The molecule has 10 aromatic rings. The van der Waals surface area contributed by atoms with Gasteiger partial charge in [-0.15, -0.1) is 12.4 Å². The molecule has 0 saturated carbocycles. The van der Waals surface area contributed by atoms with E-state index in [1.165, 1.54) is 0 Å². The van der Waals surface area contributed by atoms with Crippen LogP contribution in [-0.2, 0) is 30.7 Å². The van der Waals surface area contributed by atoms with E-state index in [1.807, 2.05) is 72.5 Å². The molecule has 0 bridgehead atoms. The van der Waals surface area contributed by atoms with Gasteiger partial charge in [0.05, 0.1) is 69.0 Å². The Morgan fingerprint density at radius 2 is 0.953 bits per heavy atom. The number of methoxy groups -OCH3 is 2. The van der Waals surface area contributed by atoms with E-state index in [-0.39, 0.29) is 12.4 Å². The van der Waals surface area contributed by atoms with Gasteiger partial charge in [-0.05, 0) is 81.6 Å². The molecule has 2 unspecified atom stereocenters. The molecule has 6 N–H and O–H groups in total. The quantitative estimate of drug-likeness (QED) is 0.0388. The number of fused-ring (bicyclic) bond motifs is 2. The van der Waals surface area contributed by atoms with Crippen LogP contribution in [0.15, 0.2) is 119 Å². The monoisotopic (exact) mass is 1340 g/mol. The molecular formula is C58H63Br2ClN20O3P2. The number of ether oxygens (including phenoxy) is 2.